The zero-order valence-corrected chi connectivity index (χ0v) is 23.3. The monoisotopic (exact) mass is 489 g/mol. The van der Waals surface area contributed by atoms with Crippen molar-refractivity contribution in [1.29, 1.82) is 0 Å². The van der Waals surface area contributed by atoms with Crippen molar-refractivity contribution >= 4 is 11.5 Å². The van der Waals surface area contributed by atoms with Crippen LogP contribution >= 0.6 is 0 Å². The summed E-state index contributed by atoms with van der Waals surface area (Å²) in [6, 6.07) is 9.53. The van der Waals surface area contributed by atoms with Crippen molar-refractivity contribution in [3.05, 3.63) is 41.5 Å². The molecule has 1 aromatic rings. The minimum atomic E-state index is -0.169. The number of rotatable bonds is 3. The molecule has 0 radical (unpaired) electrons. The van der Waals surface area contributed by atoms with Crippen LogP contribution in [0.25, 0.3) is 0 Å². The molecule has 7 atom stereocenters. The molecule has 1 aromatic carbocycles. The summed E-state index contributed by atoms with van der Waals surface area (Å²) in [6.07, 6.45) is 14.1. The topological polar surface area (TPSA) is 49.3 Å². The number of benzene rings is 1. The minimum absolute atomic E-state index is 0.0341. The molecule has 3 saturated carbocycles. The third kappa shape index (κ3) is 5.45. The fraction of sp³-hybridized carbons (Fsp3) is 0.667. The molecule has 4 aliphatic rings. The van der Waals surface area contributed by atoms with Gasteiger partial charge in [0.05, 0.1) is 6.10 Å². The minimum Gasteiger partial charge on any atom is -0.393 e. The number of hydrogen-bond donors (Lipinski definition) is 2. The Hall–Kier alpha value is -2.05. The van der Waals surface area contributed by atoms with Crippen molar-refractivity contribution in [1.82, 2.24) is 0 Å². The first kappa shape index (κ1) is 27.0. The first-order valence-corrected chi connectivity index (χ1v) is 14.2. The van der Waals surface area contributed by atoms with E-state index < -0.39 is 0 Å². The van der Waals surface area contributed by atoms with Crippen LogP contribution in [0.2, 0.25) is 0 Å². The maximum Gasteiger partial charge on any atom is 0.155 e. The SMILES string of the molecule is C#CC(C)(C)C.CC(C)Nc1ccc(C2CC3(C)C(O)CCC3C3CCC4=CC(=O)CCC4C23)cc1. The third-order valence-electron chi connectivity index (χ3n) is 9.48. The highest BCUT2D eigenvalue weighted by Gasteiger charge is 2.59. The largest absolute Gasteiger partial charge is 0.393 e. The zero-order chi connectivity index (χ0) is 26.3. The van der Waals surface area contributed by atoms with Crippen LogP contribution in [0.1, 0.15) is 98.0 Å². The number of carbonyl (C=O) groups is 1. The molecular weight excluding hydrogens is 442 g/mol. The Balaban J connectivity index is 0.000000455. The summed E-state index contributed by atoms with van der Waals surface area (Å²) < 4.78 is 0. The van der Waals surface area contributed by atoms with Gasteiger partial charge >= 0.3 is 0 Å². The Morgan fingerprint density at radius 3 is 2.33 bits per heavy atom. The number of anilines is 1. The van der Waals surface area contributed by atoms with Crippen molar-refractivity contribution in [3.8, 4) is 12.3 Å². The molecule has 3 heteroatoms. The van der Waals surface area contributed by atoms with Gasteiger partial charge in [0.1, 0.15) is 0 Å². The van der Waals surface area contributed by atoms with Gasteiger partial charge in [-0.15, -0.1) is 12.3 Å². The normalized spacial score (nSPS) is 35.4. The lowest BCUT2D eigenvalue weighted by molar-refractivity contribution is -0.116. The first-order valence-electron chi connectivity index (χ1n) is 14.2. The lowest BCUT2D eigenvalue weighted by Crippen LogP contribution is -2.50. The van der Waals surface area contributed by atoms with Gasteiger partial charge in [0.2, 0.25) is 0 Å². The molecule has 4 aliphatic carbocycles. The standard InChI is InChI=1S/C27H37NO2.C6H10/c1-16(2)28-19-7-4-17(5-8-19)23-15-27(3)24(12-13-25(27)30)22-10-6-18-14-20(29)9-11-21(18)26(22)23;1-5-6(2,3)4/h4-5,7-8,14,16,21-26,28,30H,6,9-13,15H2,1-3H3;1H,2-4H3. The number of allylic oxidation sites excluding steroid dienone is 1. The lowest BCUT2D eigenvalue weighted by Gasteiger charge is -2.57. The number of fused-ring (bicyclic) bond motifs is 5. The van der Waals surface area contributed by atoms with E-state index in [1.807, 2.05) is 26.8 Å². The van der Waals surface area contributed by atoms with E-state index in [0.29, 0.717) is 47.8 Å². The third-order valence-corrected chi connectivity index (χ3v) is 9.48. The molecule has 3 nitrogen and oxygen atoms in total. The Morgan fingerprint density at radius 1 is 1.06 bits per heavy atom. The van der Waals surface area contributed by atoms with Gasteiger partial charge < -0.3 is 10.4 Å². The molecule has 0 bridgehead atoms. The predicted octanol–water partition coefficient (Wildman–Crippen LogP) is 7.37. The van der Waals surface area contributed by atoms with Crippen LogP contribution in [0.4, 0.5) is 5.69 Å². The van der Waals surface area contributed by atoms with E-state index in [2.05, 4.69) is 56.3 Å². The van der Waals surface area contributed by atoms with E-state index in [9.17, 15) is 9.90 Å². The van der Waals surface area contributed by atoms with Crippen molar-refractivity contribution in [2.75, 3.05) is 5.32 Å². The summed E-state index contributed by atoms with van der Waals surface area (Å²) >= 11 is 0. The molecule has 0 heterocycles. The van der Waals surface area contributed by atoms with Gasteiger partial charge in [-0.2, -0.15) is 0 Å². The zero-order valence-electron chi connectivity index (χ0n) is 23.3. The molecule has 2 N–H and O–H groups in total. The Labute approximate surface area is 219 Å². The molecule has 7 unspecified atom stereocenters. The number of carbonyl (C=O) groups excluding carboxylic acids is 1. The molecule has 196 valence electrons. The summed E-state index contributed by atoms with van der Waals surface area (Å²) in [6.45, 7) is 12.7. The number of ketones is 1. The average molecular weight is 490 g/mol. The quantitative estimate of drug-likeness (QED) is 0.436. The predicted molar refractivity (Wildman–Crippen MR) is 150 cm³/mol. The molecular formula is C33H47NO2. The van der Waals surface area contributed by atoms with Gasteiger partial charge in [-0.1, -0.05) is 24.6 Å². The molecule has 0 saturated heterocycles. The summed E-state index contributed by atoms with van der Waals surface area (Å²) in [7, 11) is 0. The van der Waals surface area contributed by atoms with Crippen LogP contribution in [0, 0.1) is 46.8 Å². The number of hydrogen-bond acceptors (Lipinski definition) is 3. The molecule has 0 spiro atoms. The van der Waals surface area contributed by atoms with Crippen molar-refractivity contribution in [3.63, 3.8) is 0 Å². The summed E-state index contributed by atoms with van der Waals surface area (Å²) in [4.78, 5) is 12.1. The highest BCUT2D eigenvalue weighted by atomic mass is 16.3. The van der Waals surface area contributed by atoms with Crippen LogP contribution in [0.3, 0.4) is 0 Å². The van der Waals surface area contributed by atoms with Crippen LogP contribution < -0.4 is 5.32 Å². The molecule has 5 rings (SSSR count). The van der Waals surface area contributed by atoms with E-state index in [-0.39, 0.29) is 16.9 Å². The average Bonchev–Trinajstić information content (AvgIpc) is 3.12. The van der Waals surface area contributed by atoms with Gasteiger partial charge in [-0.3, -0.25) is 4.79 Å². The highest BCUT2D eigenvalue weighted by molar-refractivity contribution is 5.91. The van der Waals surface area contributed by atoms with E-state index >= 15 is 0 Å². The van der Waals surface area contributed by atoms with E-state index in [4.69, 9.17) is 6.42 Å². The summed E-state index contributed by atoms with van der Waals surface area (Å²) in [5.41, 5.74) is 4.14. The Kier molecular flexibility index (Phi) is 7.78. The molecule has 3 fully saturated rings. The van der Waals surface area contributed by atoms with Crippen molar-refractivity contribution < 1.29 is 9.90 Å². The lowest BCUT2D eigenvalue weighted by atomic mass is 9.48. The smallest absolute Gasteiger partial charge is 0.155 e. The Bertz CT molecular complexity index is 1010. The van der Waals surface area contributed by atoms with Crippen LogP contribution in [0.5, 0.6) is 0 Å². The van der Waals surface area contributed by atoms with Gasteiger partial charge in [-0.05, 0) is 132 Å². The highest BCUT2D eigenvalue weighted by Crippen LogP contribution is 2.65. The number of nitrogens with one attached hydrogen (secondary N) is 1. The fourth-order valence-corrected chi connectivity index (χ4v) is 7.78. The second kappa shape index (κ2) is 10.4. The number of aliphatic hydroxyl groups excluding tert-OH is 1. The van der Waals surface area contributed by atoms with Gasteiger partial charge in [0, 0.05) is 23.6 Å². The van der Waals surface area contributed by atoms with Crippen molar-refractivity contribution in [2.24, 2.45) is 34.5 Å². The van der Waals surface area contributed by atoms with Crippen LogP contribution in [-0.2, 0) is 4.79 Å². The van der Waals surface area contributed by atoms with E-state index in [1.165, 1.54) is 29.7 Å². The maximum absolute atomic E-state index is 12.1. The second-order valence-corrected chi connectivity index (χ2v) is 13.4. The fourth-order valence-electron chi connectivity index (χ4n) is 7.78. The van der Waals surface area contributed by atoms with Gasteiger partial charge in [-0.25, -0.2) is 0 Å². The molecule has 0 aromatic heterocycles. The second-order valence-electron chi connectivity index (χ2n) is 13.4. The molecule has 0 aliphatic heterocycles. The molecule has 36 heavy (non-hydrogen) atoms. The summed E-state index contributed by atoms with van der Waals surface area (Å²) in [5.74, 6) is 5.89. The van der Waals surface area contributed by atoms with E-state index in [1.54, 1.807) is 0 Å². The molecule has 0 amide bonds. The maximum atomic E-state index is 12.1. The van der Waals surface area contributed by atoms with Gasteiger partial charge in [0.15, 0.2) is 5.78 Å². The Morgan fingerprint density at radius 2 is 1.72 bits per heavy atom. The van der Waals surface area contributed by atoms with Crippen molar-refractivity contribution in [2.45, 2.75) is 105 Å². The number of terminal acetylenes is 1. The summed E-state index contributed by atoms with van der Waals surface area (Å²) in [5, 5.41) is 14.5. The number of aliphatic hydroxyl groups is 1. The first-order chi connectivity index (χ1) is 16.9. The van der Waals surface area contributed by atoms with Crippen LogP contribution in [-0.4, -0.2) is 23.0 Å². The van der Waals surface area contributed by atoms with Gasteiger partial charge in [0.25, 0.3) is 0 Å². The van der Waals surface area contributed by atoms with Crippen LogP contribution in [0.15, 0.2) is 35.9 Å². The van der Waals surface area contributed by atoms with E-state index in [0.717, 1.165) is 25.7 Å².